The number of nitrogens with zero attached hydrogens (tertiary/aromatic N) is 1. The van der Waals surface area contributed by atoms with Crippen LogP contribution in [-0.4, -0.2) is 34.5 Å². The third-order valence-corrected chi connectivity index (χ3v) is 4.86. The van der Waals surface area contributed by atoms with Crippen LogP contribution in [0.15, 0.2) is 12.2 Å². The minimum atomic E-state index is -0.677. The number of aliphatic carboxylic acids is 1. The number of rotatable bonds is 18. The fraction of sp³-hybridized carbons (Fsp3) is 0.826. The molecule has 0 bridgehead atoms. The third kappa shape index (κ3) is 16.6. The summed E-state index contributed by atoms with van der Waals surface area (Å²) in [6.45, 7) is 7.15. The SMILES string of the molecule is CCCC(=O)N(CCCC/C=C\CCCCCCCCCC(=O)O)C(C)C. The molecule has 0 aliphatic carbocycles. The van der Waals surface area contributed by atoms with Crippen LogP contribution in [-0.2, 0) is 9.59 Å². The maximum absolute atomic E-state index is 12.1. The maximum Gasteiger partial charge on any atom is 0.303 e. The van der Waals surface area contributed by atoms with Crippen molar-refractivity contribution < 1.29 is 14.7 Å². The van der Waals surface area contributed by atoms with Crippen LogP contribution in [0.25, 0.3) is 0 Å². The molecule has 0 saturated carbocycles. The van der Waals surface area contributed by atoms with Crippen LogP contribution >= 0.6 is 0 Å². The van der Waals surface area contributed by atoms with Crippen molar-refractivity contribution in [2.75, 3.05) is 6.54 Å². The number of hydrogen-bond donors (Lipinski definition) is 1. The zero-order chi connectivity index (χ0) is 20.3. The molecule has 0 fully saturated rings. The normalized spacial score (nSPS) is 11.4. The predicted molar refractivity (Wildman–Crippen MR) is 114 cm³/mol. The number of allylic oxidation sites excluding steroid dienone is 2. The average molecular weight is 382 g/mol. The summed E-state index contributed by atoms with van der Waals surface area (Å²) >= 11 is 0. The predicted octanol–water partition coefficient (Wildman–Crippen LogP) is 6.35. The molecule has 158 valence electrons. The first kappa shape index (κ1) is 25.7. The second-order valence-electron chi connectivity index (χ2n) is 7.81. The molecule has 27 heavy (non-hydrogen) atoms. The van der Waals surface area contributed by atoms with Gasteiger partial charge in [-0.3, -0.25) is 9.59 Å². The largest absolute Gasteiger partial charge is 0.481 e. The van der Waals surface area contributed by atoms with Gasteiger partial charge in [-0.1, -0.05) is 51.2 Å². The van der Waals surface area contributed by atoms with E-state index in [9.17, 15) is 9.59 Å². The number of hydrogen-bond acceptors (Lipinski definition) is 2. The maximum atomic E-state index is 12.1. The molecule has 0 aromatic carbocycles. The molecule has 0 aromatic rings. The Hall–Kier alpha value is -1.32. The van der Waals surface area contributed by atoms with Crippen LogP contribution in [0.1, 0.15) is 111 Å². The minimum absolute atomic E-state index is 0.296. The molecule has 0 saturated heterocycles. The van der Waals surface area contributed by atoms with Gasteiger partial charge in [-0.25, -0.2) is 0 Å². The standard InChI is InChI=1S/C23H43NO3/c1-4-18-22(25)24(21(2)3)20-17-15-13-11-9-7-5-6-8-10-12-14-16-19-23(26)27/h9,11,21H,4-8,10,12-20H2,1-3H3,(H,26,27)/b11-9-. The first-order valence-electron chi connectivity index (χ1n) is 11.1. The van der Waals surface area contributed by atoms with E-state index in [2.05, 4.69) is 32.9 Å². The monoisotopic (exact) mass is 381 g/mol. The molecule has 0 aliphatic heterocycles. The fourth-order valence-corrected chi connectivity index (χ4v) is 3.23. The number of unbranched alkanes of at least 4 members (excludes halogenated alkanes) is 9. The highest BCUT2D eigenvalue weighted by atomic mass is 16.4. The molecule has 0 atom stereocenters. The third-order valence-electron chi connectivity index (χ3n) is 4.86. The second-order valence-corrected chi connectivity index (χ2v) is 7.81. The first-order chi connectivity index (χ1) is 13.0. The molecular weight excluding hydrogens is 338 g/mol. The van der Waals surface area contributed by atoms with E-state index in [1.807, 2.05) is 4.90 Å². The van der Waals surface area contributed by atoms with Crippen molar-refractivity contribution >= 4 is 11.9 Å². The molecule has 0 rings (SSSR count). The van der Waals surface area contributed by atoms with E-state index >= 15 is 0 Å². The number of carbonyl (C=O) groups is 2. The van der Waals surface area contributed by atoms with Gasteiger partial charge in [0, 0.05) is 25.4 Å². The smallest absolute Gasteiger partial charge is 0.303 e. The lowest BCUT2D eigenvalue weighted by Gasteiger charge is -2.26. The van der Waals surface area contributed by atoms with Gasteiger partial charge in [-0.05, 0) is 58.8 Å². The average Bonchev–Trinajstić information content (AvgIpc) is 2.61. The summed E-state index contributed by atoms with van der Waals surface area (Å²) in [5, 5.41) is 8.57. The molecule has 4 nitrogen and oxygen atoms in total. The first-order valence-corrected chi connectivity index (χ1v) is 11.1. The molecule has 4 heteroatoms. The van der Waals surface area contributed by atoms with Gasteiger partial charge in [0.05, 0.1) is 0 Å². The number of carbonyl (C=O) groups excluding carboxylic acids is 1. The second kappa shape index (κ2) is 18.1. The Morgan fingerprint density at radius 1 is 0.815 bits per heavy atom. The highest BCUT2D eigenvalue weighted by molar-refractivity contribution is 5.76. The molecule has 1 amide bonds. The Kier molecular flexibility index (Phi) is 17.2. The van der Waals surface area contributed by atoms with E-state index < -0.39 is 5.97 Å². The molecule has 0 spiro atoms. The molecule has 0 unspecified atom stereocenters. The minimum Gasteiger partial charge on any atom is -0.481 e. The van der Waals surface area contributed by atoms with Crippen LogP contribution in [0.5, 0.6) is 0 Å². The van der Waals surface area contributed by atoms with Crippen LogP contribution < -0.4 is 0 Å². The van der Waals surface area contributed by atoms with Gasteiger partial charge in [0.25, 0.3) is 0 Å². The lowest BCUT2D eigenvalue weighted by Crippen LogP contribution is -2.37. The fourth-order valence-electron chi connectivity index (χ4n) is 3.23. The van der Waals surface area contributed by atoms with Gasteiger partial charge in [-0.15, -0.1) is 0 Å². The van der Waals surface area contributed by atoms with Crippen molar-refractivity contribution in [2.45, 2.75) is 117 Å². The summed E-state index contributed by atoms with van der Waals surface area (Å²) < 4.78 is 0. The van der Waals surface area contributed by atoms with Crippen molar-refractivity contribution in [3.63, 3.8) is 0 Å². The Balaban J connectivity index is 3.49. The van der Waals surface area contributed by atoms with Gasteiger partial charge >= 0.3 is 5.97 Å². The van der Waals surface area contributed by atoms with Crippen LogP contribution in [0.4, 0.5) is 0 Å². The van der Waals surface area contributed by atoms with Crippen molar-refractivity contribution in [2.24, 2.45) is 0 Å². The van der Waals surface area contributed by atoms with Crippen molar-refractivity contribution in [3.05, 3.63) is 12.2 Å². The summed E-state index contributed by atoms with van der Waals surface area (Å²) in [5.41, 5.74) is 0. The van der Waals surface area contributed by atoms with Gasteiger partial charge in [-0.2, -0.15) is 0 Å². The molecule has 0 heterocycles. The van der Waals surface area contributed by atoms with E-state index in [1.165, 1.54) is 25.7 Å². The summed E-state index contributed by atoms with van der Waals surface area (Å²) in [4.78, 5) is 24.5. The molecule has 0 aromatic heterocycles. The highest BCUT2D eigenvalue weighted by Crippen LogP contribution is 2.11. The van der Waals surface area contributed by atoms with E-state index in [1.54, 1.807) is 0 Å². The van der Waals surface area contributed by atoms with E-state index in [-0.39, 0.29) is 0 Å². The van der Waals surface area contributed by atoms with E-state index in [0.717, 1.165) is 57.9 Å². The van der Waals surface area contributed by atoms with Crippen LogP contribution in [0.3, 0.4) is 0 Å². The van der Waals surface area contributed by atoms with E-state index in [0.29, 0.717) is 24.8 Å². The van der Waals surface area contributed by atoms with Crippen molar-refractivity contribution in [1.29, 1.82) is 0 Å². The van der Waals surface area contributed by atoms with Crippen molar-refractivity contribution in [3.8, 4) is 0 Å². The van der Waals surface area contributed by atoms with Gasteiger partial charge in [0.1, 0.15) is 0 Å². The number of amides is 1. The lowest BCUT2D eigenvalue weighted by atomic mass is 10.1. The highest BCUT2D eigenvalue weighted by Gasteiger charge is 2.14. The Bertz CT molecular complexity index is 404. The summed E-state index contributed by atoms with van der Waals surface area (Å²) in [7, 11) is 0. The number of carboxylic acid groups (broad SMARTS) is 1. The van der Waals surface area contributed by atoms with E-state index in [4.69, 9.17) is 5.11 Å². The lowest BCUT2D eigenvalue weighted by molar-refractivity contribution is -0.137. The topological polar surface area (TPSA) is 57.6 Å². The summed E-state index contributed by atoms with van der Waals surface area (Å²) in [6, 6.07) is 0.303. The Morgan fingerprint density at radius 2 is 1.33 bits per heavy atom. The molecule has 0 aliphatic rings. The zero-order valence-corrected chi connectivity index (χ0v) is 18.0. The van der Waals surface area contributed by atoms with Gasteiger partial charge in [0.2, 0.25) is 5.91 Å². The Morgan fingerprint density at radius 3 is 1.85 bits per heavy atom. The molecule has 1 N–H and O–H groups in total. The van der Waals surface area contributed by atoms with Gasteiger partial charge in [0.15, 0.2) is 0 Å². The number of carboxylic acids is 1. The molecular formula is C23H43NO3. The van der Waals surface area contributed by atoms with Gasteiger partial charge < -0.3 is 10.0 Å². The van der Waals surface area contributed by atoms with Crippen molar-refractivity contribution in [1.82, 2.24) is 4.90 Å². The summed E-state index contributed by atoms with van der Waals surface area (Å²) in [6.07, 6.45) is 19.0. The Labute approximate surface area is 167 Å². The quantitative estimate of drug-likeness (QED) is 0.222. The summed E-state index contributed by atoms with van der Waals surface area (Å²) in [5.74, 6) is -0.381. The zero-order valence-electron chi connectivity index (χ0n) is 18.0. The van der Waals surface area contributed by atoms with Crippen LogP contribution in [0, 0.1) is 0 Å². The van der Waals surface area contributed by atoms with Crippen LogP contribution in [0.2, 0.25) is 0 Å². The molecule has 0 radical (unpaired) electrons.